The van der Waals surface area contributed by atoms with Crippen molar-refractivity contribution in [2.75, 3.05) is 6.61 Å². The molecule has 0 atom stereocenters. The molecule has 1 aliphatic carbocycles. The summed E-state index contributed by atoms with van der Waals surface area (Å²) in [6, 6.07) is 7.17. The number of carbonyl (C=O) groups is 1. The van der Waals surface area contributed by atoms with Crippen molar-refractivity contribution in [3.05, 3.63) is 29.8 Å². The van der Waals surface area contributed by atoms with Crippen molar-refractivity contribution in [1.29, 1.82) is 0 Å². The van der Waals surface area contributed by atoms with E-state index in [-0.39, 0.29) is 5.97 Å². The van der Waals surface area contributed by atoms with E-state index in [9.17, 15) is 14.9 Å². The molecule has 0 bridgehead atoms. The minimum atomic E-state index is -1.15. The van der Waals surface area contributed by atoms with Crippen LogP contribution in [0.1, 0.15) is 53.0 Å². The summed E-state index contributed by atoms with van der Waals surface area (Å²) in [5.41, 5.74) is -1.06. The predicted octanol–water partition coefficient (Wildman–Crippen LogP) is 1.53. The fourth-order valence-electron chi connectivity index (χ4n) is 2.46. The zero-order chi connectivity index (χ0) is 18.2. The van der Waals surface area contributed by atoms with E-state index in [1.165, 1.54) is 0 Å². The van der Waals surface area contributed by atoms with Gasteiger partial charge in [-0.15, -0.1) is 0 Å². The zero-order valence-corrected chi connectivity index (χ0v) is 15.1. The highest BCUT2D eigenvalue weighted by molar-refractivity contribution is 6.60. The third-order valence-electron chi connectivity index (χ3n) is 5.04. The third kappa shape index (κ3) is 3.66. The smallest absolute Gasteiger partial charge is 0.465 e. The van der Waals surface area contributed by atoms with Gasteiger partial charge in [0.25, 0.3) is 0 Å². The monoisotopic (exact) mass is 334 g/mol. The number of aliphatic hydroxyl groups is 1. The maximum absolute atomic E-state index is 12.1. The summed E-state index contributed by atoms with van der Waals surface area (Å²) in [7, 11) is -1.15. The Morgan fingerprint density at radius 1 is 1.21 bits per heavy atom. The van der Waals surface area contributed by atoms with E-state index < -0.39 is 23.7 Å². The van der Waals surface area contributed by atoms with Crippen molar-refractivity contribution in [2.45, 2.75) is 64.1 Å². The van der Waals surface area contributed by atoms with Crippen LogP contribution in [0.5, 0.6) is 0 Å². The maximum atomic E-state index is 12.1. The minimum absolute atomic E-state index is 0.183. The predicted molar refractivity (Wildman–Crippen MR) is 93.1 cm³/mol. The van der Waals surface area contributed by atoms with Crippen molar-refractivity contribution in [3.63, 3.8) is 0 Å². The first kappa shape index (κ1) is 19.0. The molecule has 0 aliphatic heterocycles. The van der Waals surface area contributed by atoms with Gasteiger partial charge in [0.15, 0.2) is 0 Å². The van der Waals surface area contributed by atoms with E-state index >= 15 is 0 Å². The Balaban J connectivity index is 2.11. The molecule has 0 heterocycles. The van der Waals surface area contributed by atoms with Gasteiger partial charge >= 0.3 is 13.1 Å². The highest BCUT2D eigenvalue weighted by Gasteiger charge is 2.52. The summed E-state index contributed by atoms with van der Waals surface area (Å²) >= 11 is 0. The van der Waals surface area contributed by atoms with Gasteiger partial charge in [-0.1, -0.05) is 24.3 Å². The number of ether oxygens (including phenoxy) is 1. The molecule has 5 nitrogen and oxygen atoms in total. The lowest BCUT2D eigenvalue weighted by Gasteiger charge is -2.38. The van der Waals surface area contributed by atoms with Gasteiger partial charge in [-0.05, 0) is 58.5 Å². The largest absolute Gasteiger partial charge is 0.491 e. The Kier molecular flexibility index (Phi) is 5.14. The number of carbonyl (C=O) groups excluding carboxylic acids is 1. The van der Waals surface area contributed by atoms with Crippen LogP contribution in [0.25, 0.3) is 0 Å². The Bertz CT molecular complexity index is 584. The molecule has 0 aromatic heterocycles. The summed E-state index contributed by atoms with van der Waals surface area (Å²) < 4.78 is 10.8. The molecule has 0 amide bonds. The van der Waals surface area contributed by atoms with Crippen LogP contribution < -0.4 is 5.46 Å². The first-order valence-corrected chi connectivity index (χ1v) is 8.39. The van der Waals surface area contributed by atoms with Gasteiger partial charge in [-0.2, -0.15) is 0 Å². The number of hydrogen-bond acceptors (Lipinski definition) is 5. The van der Waals surface area contributed by atoms with Gasteiger partial charge in [0.05, 0.1) is 23.2 Å². The van der Waals surface area contributed by atoms with Crippen molar-refractivity contribution in [3.8, 4) is 0 Å². The van der Waals surface area contributed by atoms with Crippen LogP contribution in [-0.4, -0.2) is 41.0 Å². The van der Waals surface area contributed by atoms with E-state index in [1.54, 1.807) is 46.8 Å². The van der Waals surface area contributed by atoms with Gasteiger partial charge in [0.2, 0.25) is 0 Å². The fraction of sp³-hybridized carbons (Fsp3) is 0.611. The molecule has 1 aliphatic rings. The summed E-state index contributed by atoms with van der Waals surface area (Å²) in [6.07, 6.45) is 1.58. The summed E-state index contributed by atoms with van der Waals surface area (Å²) in [5.74, 6) is -0.183. The summed E-state index contributed by atoms with van der Waals surface area (Å²) in [6.45, 7) is 8.90. The molecule has 0 unspecified atom stereocenters. The van der Waals surface area contributed by atoms with E-state index in [1.807, 2.05) is 12.1 Å². The number of rotatable bonds is 7. The standard InChI is InChI=1S/C18H27BO5/c1-6-23-15(20)18(11-12-18)13-7-9-14(10-8-13)19(22)24-17(4,5)16(2,3)21/h7-10,21-22H,6,11-12H2,1-5H3. The van der Waals surface area contributed by atoms with E-state index in [0.29, 0.717) is 12.1 Å². The first-order chi connectivity index (χ1) is 11.0. The normalized spacial score (nSPS) is 16.6. The topological polar surface area (TPSA) is 76.0 Å². The average molecular weight is 334 g/mol. The van der Waals surface area contributed by atoms with Crippen LogP contribution in [0.4, 0.5) is 0 Å². The van der Waals surface area contributed by atoms with Gasteiger partial charge in [-0.25, -0.2) is 0 Å². The lowest BCUT2D eigenvalue weighted by Crippen LogP contribution is -2.53. The minimum Gasteiger partial charge on any atom is -0.465 e. The van der Waals surface area contributed by atoms with E-state index in [2.05, 4.69) is 0 Å². The fourth-order valence-corrected chi connectivity index (χ4v) is 2.46. The Morgan fingerprint density at radius 3 is 2.17 bits per heavy atom. The number of esters is 1. The lowest BCUT2D eigenvalue weighted by atomic mass is 9.76. The Labute approximate surface area is 144 Å². The molecule has 0 saturated heterocycles. The number of benzene rings is 1. The van der Waals surface area contributed by atoms with Crippen LogP contribution >= 0.6 is 0 Å². The van der Waals surface area contributed by atoms with Crippen molar-refractivity contribution in [2.24, 2.45) is 0 Å². The third-order valence-corrected chi connectivity index (χ3v) is 5.04. The highest BCUT2D eigenvalue weighted by Crippen LogP contribution is 2.49. The molecule has 1 aromatic rings. The van der Waals surface area contributed by atoms with Crippen LogP contribution in [0.2, 0.25) is 0 Å². The molecular weight excluding hydrogens is 307 g/mol. The van der Waals surface area contributed by atoms with E-state index in [0.717, 1.165) is 18.4 Å². The van der Waals surface area contributed by atoms with Crippen molar-refractivity contribution in [1.82, 2.24) is 0 Å². The maximum Gasteiger partial charge on any atom is 0.491 e. The second-order valence-corrected chi connectivity index (χ2v) is 7.46. The molecule has 0 radical (unpaired) electrons. The Hall–Kier alpha value is -1.37. The molecular formula is C18H27BO5. The van der Waals surface area contributed by atoms with E-state index in [4.69, 9.17) is 9.39 Å². The molecule has 1 saturated carbocycles. The molecule has 1 fully saturated rings. The van der Waals surface area contributed by atoms with Crippen LogP contribution in [-0.2, 0) is 19.6 Å². The molecule has 0 spiro atoms. The van der Waals surface area contributed by atoms with Gasteiger partial charge in [-0.3, -0.25) is 4.79 Å². The molecule has 1 aromatic carbocycles. The van der Waals surface area contributed by atoms with Crippen LogP contribution in [0, 0.1) is 0 Å². The Morgan fingerprint density at radius 2 is 1.75 bits per heavy atom. The highest BCUT2D eigenvalue weighted by atomic mass is 16.5. The second kappa shape index (κ2) is 6.50. The summed E-state index contributed by atoms with van der Waals surface area (Å²) in [4.78, 5) is 12.1. The number of hydrogen-bond donors (Lipinski definition) is 2. The first-order valence-electron chi connectivity index (χ1n) is 8.39. The van der Waals surface area contributed by atoms with Gasteiger partial charge in [0.1, 0.15) is 0 Å². The summed E-state index contributed by atoms with van der Waals surface area (Å²) in [5, 5.41) is 20.4. The average Bonchev–Trinajstić information content (AvgIpc) is 3.27. The second-order valence-electron chi connectivity index (χ2n) is 7.46. The van der Waals surface area contributed by atoms with Crippen LogP contribution in [0.3, 0.4) is 0 Å². The van der Waals surface area contributed by atoms with Crippen molar-refractivity contribution < 1.29 is 24.3 Å². The van der Waals surface area contributed by atoms with Gasteiger partial charge < -0.3 is 19.5 Å². The van der Waals surface area contributed by atoms with Crippen molar-refractivity contribution >= 4 is 18.6 Å². The van der Waals surface area contributed by atoms with Gasteiger partial charge in [0, 0.05) is 0 Å². The quantitative estimate of drug-likeness (QED) is 0.584. The lowest BCUT2D eigenvalue weighted by molar-refractivity contribution is -0.146. The van der Waals surface area contributed by atoms with Crippen LogP contribution in [0.15, 0.2) is 24.3 Å². The molecule has 6 heteroatoms. The molecule has 24 heavy (non-hydrogen) atoms. The molecule has 2 N–H and O–H groups in total. The molecule has 2 rings (SSSR count). The molecule has 132 valence electrons. The zero-order valence-electron chi connectivity index (χ0n) is 15.1. The SMILES string of the molecule is CCOC(=O)C1(c2ccc(B(O)OC(C)(C)C(C)(C)O)cc2)CC1.